The molecule has 0 rings (SSSR count). The normalized spacial score (nSPS) is 11.9. The Balaban J connectivity index is 0. The number of unbranched alkanes of at least 4 members (excludes halogenated alkanes) is 4. The molecule has 0 saturated carbocycles. The van der Waals surface area contributed by atoms with Crippen molar-refractivity contribution in [1.82, 2.24) is 0 Å². The summed E-state index contributed by atoms with van der Waals surface area (Å²) in [5, 5.41) is 8.49. The molecular weight excluding hydrogens is 479 g/mol. The molecule has 4 radical (unpaired) electrons. The van der Waals surface area contributed by atoms with Crippen LogP contribution >= 0.6 is 0 Å². The molecule has 0 heterocycles. The third-order valence-electron chi connectivity index (χ3n) is 3.22. The van der Waals surface area contributed by atoms with E-state index >= 15 is 0 Å². The monoisotopic (exact) mass is 512 g/mol. The summed E-state index contributed by atoms with van der Waals surface area (Å²) in [4.78, 5) is 10.3. The zero-order valence-electron chi connectivity index (χ0n) is 14.5. The maximum atomic E-state index is 10.3. The van der Waals surface area contributed by atoms with Crippen molar-refractivity contribution in [1.29, 1.82) is 0 Å². The molecule has 0 atom stereocenters. The van der Waals surface area contributed by atoms with E-state index in [1.165, 1.54) is 25.7 Å². The summed E-state index contributed by atoms with van der Waals surface area (Å²) in [5.41, 5.74) is 0. The van der Waals surface area contributed by atoms with Crippen molar-refractivity contribution in [3.8, 4) is 0 Å². The molecule has 2 nitrogen and oxygen atoms in total. The zero-order chi connectivity index (χ0) is 16.3. The molecule has 0 saturated heterocycles. The Morgan fingerprint density at radius 2 is 1.17 bits per heavy atom. The molecule has 1 N–H and O–H groups in total. The van der Waals surface area contributed by atoms with Crippen molar-refractivity contribution in [2.24, 2.45) is 0 Å². The predicted octanol–water partition coefficient (Wildman–Crippen LogP) is 5.84. The van der Waals surface area contributed by atoms with Crippen LogP contribution in [0.3, 0.4) is 0 Å². The summed E-state index contributed by atoms with van der Waals surface area (Å²) in [6.45, 7) is 2.23. The number of carboxylic acid groups (broad SMARTS) is 1. The van der Waals surface area contributed by atoms with E-state index in [4.69, 9.17) is 5.11 Å². The molecule has 3 heteroatoms. The van der Waals surface area contributed by atoms with Gasteiger partial charge in [-0.2, -0.15) is 0 Å². The van der Waals surface area contributed by atoms with E-state index in [1.807, 2.05) is 0 Å². The van der Waals surface area contributed by atoms with Crippen LogP contribution in [0.2, 0.25) is 0 Å². The second-order valence-corrected chi connectivity index (χ2v) is 5.37. The maximum Gasteiger partial charge on any atom is 0.303 e. The van der Waals surface area contributed by atoms with Crippen molar-refractivity contribution in [2.75, 3.05) is 0 Å². The Bertz CT molecular complexity index is 368. The van der Waals surface area contributed by atoms with E-state index in [0.29, 0.717) is 0 Å². The van der Waals surface area contributed by atoms with E-state index in [-0.39, 0.29) is 33.7 Å². The predicted molar refractivity (Wildman–Crippen MR) is 102 cm³/mol. The second kappa shape index (κ2) is 21.4. The van der Waals surface area contributed by atoms with Gasteiger partial charge in [-0.15, -0.1) is 0 Å². The first-order valence-electron chi connectivity index (χ1n) is 8.59. The molecule has 0 aromatic carbocycles. The molecule has 0 aliphatic carbocycles. The van der Waals surface area contributed by atoms with Crippen LogP contribution in [0.4, 0.5) is 0 Å². The topological polar surface area (TPSA) is 37.3 Å². The van der Waals surface area contributed by atoms with Crippen LogP contribution in [0, 0.1) is 0 Å². The Hall–Kier alpha value is -0.648. The Morgan fingerprint density at radius 1 is 0.739 bits per heavy atom. The second-order valence-electron chi connectivity index (χ2n) is 5.37. The molecular formula is C20H32O2Pb. The quantitative estimate of drug-likeness (QED) is 0.181. The molecule has 0 aliphatic heterocycles. The minimum Gasteiger partial charge on any atom is -0.481 e. The average molecular weight is 512 g/mol. The average Bonchev–Trinajstić information content (AvgIpc) is 2.50. The van der Waals surface area contributed by atoms with Crippen molar-refractivity contribution < 1.29 is 9.90 Å². The fourth-order valence-electron chi connectivity index (χ4n) is 1.93. The molecule has 23 heavy (non-hydrogen) atoms. The largest absolute Gasteiger partial charge is 0.481 e. The standard InChI is InChI=1S/C20H32O2.Pb/c1-2-3-4-5-6-7-8-9-10-11-12-13-14-15-16-17-18-19-20(21)22;/h6-7,9-10,12-13,15-16H,2-5,8,11,14,17-19H2,1H3,(H,21,22);/b7-6-,10-9-,13-12-,16-15-;. The van der Waals surface area contributed by atoms with Gasteiger partial charge in [-0.1, -0.05) is 68.4 Å². The van der Waals surface area contributed by atoms with Crippen LogP contribution < -0.4 is 0 Å². The van der Waals surface area contributed by atoms with Crippen LogP contribution in [-0.2, 0) is 4.79 Å². The molecule has 128 valence electrons. The van der Waals surface area contributed by atoms with Crippen LogP contribution in [-0.4, -0.2) is 38.4 Å². The van der Waals surface area contributed by atoms with Crippen molar-refractivity contribution in [3.05, 3.63) is 48.6 Å². The number of carbonyl (C=O) groups is 1. The fraction of sp³-hybridized carbons (Fsp3) is 0.550. The number of rotatable bonds is 14. The van der Waals surface area contributed by atoms with Gasteiger partial charge in [-0.3, -0.25) is 4.79 Å². The summed E-state index contributed by atoms with van der Waals surface area (Å²) in [6.07, 6.45) is 27.3. The smallest absolute Gasteiger partial charge is 0.303 e. The van der Waals surface area contributed by atoms with Gasteiger partial charge in [0.25, 0.3) is 0 Å². The van der Waals surface area contributed by atoms with Crippen LogP contribution in [0.5, 0.6) is 0 Å². The number of hydrogen-bond donors (Lipinski definition) is 1. The van der Waals surface area contributed by atoms with Gasteiger partial charge >= 0.3 is 5.97 Å². The van der Waals surface area contributed by atoms with Gasteiger partial charge in [0.1, 0.15) is 0 Å². The van der Waals surface area contributed by atoms with E-state index in [1.54, 1.807) is 0 Å². The number of carboxylic acids is 1. The Morgan fingerprint density at radius 3 is 1.61 bits per heavy atom. The summed E-state index contributed by atoms with van der Waals surface area (Å²) in [7, 11) is 0. The summed E-state index contributed by atoms with van der Waals surface area (Å²) >= 11 is 0. The van der Waals surface area contributed by atoms with Crippen LogP contribution in [0.25, 0.3) is 0 Å². The van der Waals surface area contributed by atoms with E-state index in [9.17, 15) is 4.79 Å². The van der Waals surface area contributed by atoms with Gasteiger partial charge in [-0.05, 0) is 44.9 Å². The summed E-state index contributed by atoms with van der Waals surface area (Å²) < 4.78 is 0. The molecule has 0 spiro atoms. The first kappa shape index (κ1) is 24.6. The minimum absolute atomic E-state index is 0. The summed E-state index contributed by atoms with van der Waals surface area (Å²) in [5.74, 6) is -0.712. The van der Waals surface area contributed by atoms with Crippen molar-refractivity contribution >= 4 is 33.3 Å². The maximum absolute atomic E-state index is 10.3. The first-order chi connectivity index (χ1) is 10.8. The molecule has 0 aliphatic rings. The van der Waals surface area contributed by atoms with Gasteiger partial charge in [0, 0.05) is 33.7 Å². The minimum atomic E-state index is -0.712. The Kier molecular flexibility index (Phi) is 22.8. The molecule has 0 aromatic rings. The molecule has 0 amide bonds. The first-order valence-corrected chi connectivity index (χ1v) is 8.59. The van der Waals surface area contributed by atoms with E-state index in [0.717, 1.165) is 32.1 Å². The van der Waals surface area contributed by atoms with E-state index in [2.05, 4.69) is 55.5 Å². The molecule has 0 bridgehead atoms. The van der Waals surface area contributed by atoms with Crippen LogP contribution in [0.1, 0.15) is 71.1 Å². The van der Waals surface area contributed by atoms with Crippen molar-refractivity contribution in [2.45, 2.75) is 71.1 Å². The molecule has 0 fully saturated rings. The van der Waals surface area contributed by atoms with Gasteiger partial charge in [0.2, 0.25) is 0 Å². The van der Waals surface area contributed by atoms with Gasteiger partial charge < -0.3 is 5.11 Å². The van der Waals surface area contributed by atoms with Gasteiger partial charge in [-0.25, -0.2) is 0 Å². The summed E-state index contributed by atoms with van der Waals surface area (Å²) in [6, 6.07) is 0. The number of aliphatic carboxylic acids is 1. The SMILES string of the molecule is CCCCC/C=C\C/C=C\C/C=C\C/C=C\CCCC(=O)O.[Pb]. The third-order valence-corrected chi connectivity index (χ3v) is 3.22. The van der Waals surface area contributed by atoms with Gasteiger partial charge in [0.05, 0.1) is 0 Å². The number of hydrogen-bond acceptors (Lipinski definition) is 1. The van der Waals surface area contributed by atoms with E-state index < -0.39 is 5.97 Å². The molecule has 0 aromatic heterocycles. The van der Waals surface area contributed by atoms with Crippen molar-refractivity contribution in [3.63, 3.8) is 0 Å². The third kappa shape index (κ3) is 23.7. The number of allylic oxidation sites excluding steroid dienone is 8. The van der Waals surface area contributed by atoms with Gasteiger partial charge in [0.15, 0.2) is 0 Å². The van der Waals surface area contributed by atoms with Crippen LogP contribution in [0.15, 0.2) is 48.6 Å². The molecule has 0 unspecified atom stereocenters. The zero-order valence-corrected chi connectivity index (χ0v) is 18.4. The fourth-order valence-corrected chi connectivity index (χ4v) is 1.93. The Labute approximate surface area is 162 Å².